The predicted octanol–water partition coefficient (Wildman–Crippen LogP) is 3.44. The van der Waals surface area contributed by atoms with Crippen molar-refractivity contribution in [2.45, 2.75) is 5.16 Å². The van der Waals surface area contributed by atoms with E-state index in [9.17, 15) is 9.59 Å². The lowest BCUT2D eigenvalue weighted by Crippen LogP contribution is -2.12. The highest BCUT2D eigenvalue weighted by Gasteiger charge is 2.14. The fraction of sp³-hybridized carbons (Fsp3) is 0.0526. The molecular formula is C19H13ClN4O3S. The van der Waals surface area contributed by atoms with Crippen LogP contribution in [-0.4, -0.2) is 31.3 Å². The number of aromatic amines is 1. The molecule has 0 fully saturated rings. The number of thioether (sulfide) groups is 1. The van der Waals surface area contributed by atoms with E-state index in [4.69, 9.17) is 16.3 Å². The third-order valence-corrected chi connectivity index (χ3v) is 4.89. The number of benzene rings is 2. The number of rotatable bonds is 5. The monoisotopic (exact) mass is 412 g/mol. The molecule has 0 unspecified atom stereocenters. The van der Waals surface area contributed by atoms with Crippen LogP contribution in [0.5, 0.6) is 5.75 Å². The molecule has 2 heterocycles. The van der Waals surface area contributed by atoms with Crippen LogP contribution in [0.4, 0.5) is 0 Å². The molecule has 0 atom stereocenters. The molecule has 140 valence electrons. The first kappa shape index (κ1) is 18.3. The van der Waals surface area contributed by atoms with Crippen LogP contribution < -0.4 is 10.3 Å². The molecule has 2 aromatic carbocycles. The summed E-state index contributed by atoms with van der Waals surface area (Å²) in [6.07, 6.45) is 0. The predicted molar refractivity (Wildman–Crippen MR) is 107 cm³/mol. The van der Waals surface area contributed by atoms with Crippen LogP contribution in [0.15, 0.2) is 70.6 Å². The molecule has 0 bridgehead atoms. The lowest BCUT2D eigenvalue weighted by atomic mass is 10.2. The molecule has 0 spiro atoms. The van der Waals surface area contributed by atoms with Crippen molar-refractivity contribution in [3.63, 3.8) is 0 Å². The summed E-state index contributed by atoms with van der Waals surface area (Å²) in [5, 5.41) is 3.65. The highest BCUT2D eigenvalue weighted by atomic mass is 35.5. The van der Waals surface area contributed by atoms with Gasteiger partial charge in [0.05, 0.1) is 5.75 Å². The Bertz CT molecular complexity index is 1190. The summed E-state index contributed by atoms with van der Waals surface area (Å²) in [7, 11) is 0. The van der Waals surface area contributed by atoms with Gasteiger partial charge < -0.3 is 4.74 Å². The summed E-state index contributed by atoms with van der Waals surface area (Å²) >= 11 is 7.08. The Morgan fingerprint density at radius 1 is 1.11 bits per heavy atom. The van der Waals surface area contributed by atoms with E-state index in [2.05, 4.69) is 15.1 Å². The molecule has 0 saturated heterocycles. The number of carbonyl (C=O) groups is 1. The molecular weight excluding hydrogens is 400 g/mol. The maximum absolute atomic E-state index is 12.1. The number of fused-ring (bicyclic) bond motifs is 1. The van der Waals surface area contributed by atoms with Gasteiger partial charge in [-0.25, -0.2) is 14.5 Å². The Kier molecular flexibility index (Phi) is 5.14. The third-order valence-electron chi connectivity index (χ3n) is 3.72. The molecule has 4 aromatic rings. The van der Waals surface area contributed by atoms with Crippen molar-refractivity contribution in [1.82, 2.24) is 19.6 Å². The van der Waals surface area contributed by atoms with Gasteiger partial charge in [-0.1, -0.05) is 41.6 Å². The Balaban J connectivity index is 1.61. The average molecular weight is 413 g/mol. The molecule has 0 amide bonds. The molecule has 0 aliphatic heterocycles. The highest BCUT2D eigenvalue weighted by molar-refractivity contribution is 7.99. The van der Waals surface area contributed by atoms with Crippen molar-refractivity contribution < 1.29 is 9.53 Å². The molecule has 0 saturated carbocycles. The van der Waals surface area contributed by atoms with Gasteiger partial charge in [0.1, 0.15) is 5.75 Å². The largest absolute Gasteiger partial charge is 0.426 e. The van der Waals surface area contributed by atoms with E-state index in [0.717, 1.165) is 17.3 Å². The Hall–Kier alpha value is -3.10. The number of nitrogens with zero attached hydrogens (tertiary/aromatic N) is 3. The highest BCUT2D eigenvalue weighted by Crippen LogP contribution is 2.23. The number of ether oxygens (including phenoxy) is 1. The minimum absolute atomic E-state index is 0.0152. The van der Waals surface area contributed by atoms with Crippen molar-refractivity contribution in [3.05, 3.63) is 76.0 Å². The van der Waals surface area contributed by atoms with Gasteiger partial charge in [-0.05, 0) is 36.4 Å². The Morgan fingerprint density at radius 2 is 1.86 bits per heavy atom. The number of aromatic nitrogens is 4. The molecule has 28 heavy (non-hydrogen) atoms. The van der Waals surface area contributed by atoms with Gasteiger partial charge in [0.15, 0.2) is 16.6 Å². The summed E-state index contributed by atoms with van der Waals surface area (Å²) in [6.45, 7) is 0. The van der Waals surface area contributed by atoms with Gasteiger partial charge in [-0.15, -0.1) is 0 Å². The summed E-state index contributed by atoms with van der Waals surface area (Å²) in [5.41, 5.74) is 0.842. The van der Waals surface area contributed by atoms with Crippen molar-refractivity contribution in [3.8, 4) is 17.1 Å². The number of esters is 1. The smallest absolute Gasteiger partial charge is 0.321 e. The number of hydrogen-bond acceptors (Lipinski definition) is 6. The second-order valence-electron chi connectivity index (χ2n) is 5.73. The molecule has 9 heteroatoms. The van der Waals surface area contributed by atoms with E-state index in [1.54, 1.807) is 48.5 Å². The average Bonchev–Trinajstić information content (AvgIpc) is 3.07. The number of H-pyrrole nitrogens is 1. The fourth-order valence-corrected chi connectivity index (χ4v) is 3.33. The maximum atomic E-state index is 12.1. The van der Waals surface area contributed by atoms with Gasteiger partial charge in [-0.3, -0.25) is 14.7 Å². The summed E-state index contributed by atoms with van der Waals surface area (Å²) in [5.74, 6) is 0.485. The van der Waals surface area contributed by atoms with Gasteiger partial charge in [-0.2, -0.15) is 0 Å². The first-order chi connectivity index (χ1) is 13.6. The maximum Gasteiger partial charge on any atom is 0.321 e. The minimum Gasteiger partial charge on any atom is -0.426 e. The molecule has 1 N–H and O–H groups in total. The van der Waals surface area contributed by atoms with Crippen molar-refractivity contribution in [2.24, 2.45) is 0 Å². The number of nitrogens with one attached hydrogen (secondary N) is 1. The van der Waals surface area contributed by atoms with E-state index >= 15 is 0 Å². The SMILES string of the molecule is O=C(CSc1nc(-c2ccc(Cl)cc2)nc2cc(=O)[nH]n12)Oc1ccccc1. The lowest BCUT2D eigenvalue weighted by Gasteiger charge is -2.08. The quantitative estimate of drug-likeness (QED) is 0.307. The van der Waals surface area contributed by atoms with E-state index in [0.29, 0.717) is 27.4 Å². The van der Waals surface area contributed by atoms with Crippen LogP contribution in [0, 0.1) is 0 Å². The standard InChI is InChI=1S/C19H13ClN4O3S/c20-13-8-6-12(7-9-13)18-21-15-10-16(25)23-24(15)19(22-18)28-11-17(26)27-14-4-2-1-3-5-14/h1-10H,11H2,(H,23,25). The Labute approximate surface area is 168 Å². The lowest BCUT2D eigenvalue weighted by molar-refractivity contribution is -0.131. The normalized spacial score (nSPS) is 10.9. The second kappa shape index (κ2) is 7.87. The van der Waals surface area contributed by atoms with Gasteiger partial charge >= 0.3 is 5.97 Å². The topological polar surface area (TPSA) is 89.4 Å². The fourth-order valence-electron chi connectivity index (χ4n) is 2.48. The summed E-state index contributed by atoms with van der Waals surface area (Å²) in [4.78, 5) is 32.8. The van der Waals surface area contributed by atoms with E-state index in [1.165, 1.54) is 10.6 Å². The molecule has 0 aliphatic carbocycles. The van der Waals surface area contributed by atoms with Crippen molar-refractivity contribution >= 4 is 35.0 Å². The Morgan fingerprint density at radius 3 is 2.61 bits per heavy atom. The molecule has 0 aliphatic rings. The second-order valence-corrected chi connectivity index (χ2v) is 7.11. The first-order valence-corrected chi connectivity index (χ1v) is 9.59. The molecule has 2 aromatic heterocycles. The summed E-state index contributed by atoms with van der Waals surface area (Å²) < 4.78 is 6.73. The number of para-hydroxylation sites is 1. The molecule has 7 nitrogen and oxygen atoms in total. The summed E-state index contributed by atoms with van der Waals surface area (Å²) in [6, 6.07) is 17.2. The van der Waals surface area contributed by atoms with Crippen LogP contribution in [0.1, 0.15) is 0 Å². The zero-order valence-corrected chi connectivity index (χ0v) is 15.9. The molecule has 4 rings (SSSR count). The van der Waals surface area contributed by atoms with E-state index in [-0.39, 0.29) is 11.3 Å². The number of halogens is 1. The molecule has 0 radical (unpaired) electrons. The number of carbonyl (C=O) groups excluding carboxylic acids is 1. The van der Waals surface area contributed by atoms with Crippen LogP contribution in [0.3, 0.4) is 0 Å². The van der Waals surface area contributed by atoms with E-state index in [1.807, 2.05) is 6.07 Å². The van der Waals surface area contributed by atoms with Crippen LogP contribution in [0.2, 0.25) is 5.02 Å². The van der Waals surface area contributed by atoms with E-state index < -0.39 is 5.97 Å². The third kappa shape index (κ3) is 4.08. The zero-order chi connectivity index (χ0) is 19.5. The zero-order valence-electron chi connectivity index (χ0n) is 14.3. The van der Waals surface area contributed by atoms with Crippen molar-refractivity contribution in [2.75, 3.05) is 5.75 Å². The van der Waals surface area contributed by atoms with Crippen LogP contribution in [-0.2, 0) is 4.79 Å². The van der Waals surface area contributed by atoms with Crippen LogP contribution >= 0.6 is 23.4 Å². The van der Waals surface area contributed by atoms with Gasteiger partial charge in [0, 0.05) is 16.7 Å². The number of hydrogen-bond donors (Lipinski definition) is 1. The minimum atomic E-state index is -0.425. The van der Waals surface area contributed by atoms with Gasteiger partial charge in [0.25, 0.3) is 5.56 Å². The van der Waals surface area contributed by atoms with Crippen molar-refractivity contribution in [1.29, 1.82) is 0 Å². The van der Waals surface area contributed by atoms with Crippen LogP contribution in [0.25, 0.3) is 17.0 Å². The van der Waals surface area contributed by atoms with Gasteiger partial charge in [0.2, 0.25) is 0 Å². The first-order valence-electron chi connectivity index (χ1n) is 8.23.